The first-order valence-corrected chi connectivity index (χ1v) is 4.88. The summed E-state index contributed by atoms with van der Waals surface area (Å²) in [4.78, 5) is 11.5. The van der Waals surface area contributed by atoms with Gasteiger partial charge in [-0.3, -0.25) is 4.79 Å². The summed E-state index contributed by atoms with van der Waals surface area (Å²) in [5, 5.41) is 2.66. The average Bonchev–Trinajstić information content (AvgIpc) is 2.45. The van der Waals surface area contributed by atoms with Crippen LogP contribution >= 0.6 is 15.9 Å². The molecule has 0 aromatic carbocycles. The van der Waals surface area contributed by atoms with Crippen molar-refractivity contribution in [2.24, 2.45) is 0 Å². The molecule has 0 saturated heterocycles. The fourth-order valence-electron chi connectivity index (χ4n) is 0.979. The smallest absolute Gasteiger partial charge is 0.255 e. The first-order chi connectivity index (χ1) is 6.65. The van der Waals surface area contributed by atoms with Gasteiger partial charge < -0.3 is 9.73 Å². The Kier molecular flexibility index (Phi) is 3.78. The summed E-state index contributed by atoms with van der Waals surface area (Å²) < 4.78 is 5.72. The zero-order chi connectivity index (χ0) is 10.6. The second-order valence-corrected chi connectivity index (χ2v) is 3.41. The molecule has 0 aliphatic rings. The Balaban J connectivity index is 2.68. The molecule has 1 amide bonds. The van der Waals surface area contributed by atoms with Crippen molar-refractivity contribution in [2.45, 2.75) is 13.8 Å². The SMILES string of the molecule is CC#CCNC(=O)c1cc(Br)oc1C. The molecule has 1 heterocycles. The highest BCUT2D eigenvalue weighted by Gasteiger charge is 2.12. The molecule has 0 radical (unpaired) electrons. The summed E-state index contributed by atoms with van der Waals surface area (Å²) >= 11 is 3.16. The van der Waals surface area contributed by atoms with Crippen LogP contribution < -0.4 is 5.32 Å². The van der Waals surface area contributed by atoms with Crippen LogP contribution in [-0.2, 0) is 0 Å². The van der Waals surface area contributed by atoms with Gasteiger partial charge in [0, 0.05) is 6.07 Å². The van der Waals surface area contributed by atoms with Crippen molar-refractivity contribution in [2.75, 3.05) is 6.54 Å². The van der Waals surface area contributed by atoms with E-state index < -0.39 is 0 Å². The van der Waals surface area contributed by atoms with E-state index in [1.54, 1.807) is 19.9 Å². The number of furan rings is 1. The molecule has 0 bridgehead atoms. The van der Waals surface area contributed by atoms with Crippen LogP contribution in [0.15, 0.2) is 15.2 Å². The molecule has 0 aliphatic carbocycles. The molecule has 0 unspecified atom stereocenters. The molecule has 1 aromatic heterocycles. The number of amides is 1. The molecular weight excluding hydrogens is 246 g/mol. The molecule has 1 N–H and O–H groups in total. The number of hydrogen-bond acceptors (Lipinski definition) is 2. The lowest BCUT2D eigenvalue weighted by Crippen LogP contribution is -2.23. The predicted octanol–water partition coefficient (Wildman–Crippen LogP) is 2.10. The van der Waals surface area contributed by atoms with Gasteiger partial charge in [0.05, 0.1) is 12.1 Å². The normalized spacial score (nSPS) is 9.07. The predicted molar refractivity (Wildman–Crippen MR) is 56.9 cm³/mol. The van der Waals surface area contributed by atoms with Crippen LogP contribution in [0, 0.1) is 18.8 Å². The molecule has 0 aliphatic heterocycles. The Morgan fingerprint density at radius 1 is 1.71 bits per heavy atom. The molecule has 14 heavy (non-hydrogen) atoms. The number of hydrogen-bond donors (Lipinski definition) is 1. The zero-order valence-corrected chi connectivity index (χ0v) is 9.56. The summed E-state index contributed by atoms with van der Waals surface area (Å²) in [5.74, 6) is 5.88. The quantitative estimate of drug-likeness (QED) is 0.823. The maximum Gasteiger partial charge on any atom is 0.255 e. The van der Waals surface area contributed by atoms with Gasteiger partial charge >= 0.3 is 0 Å². The Morgan fingerprint density at radius 2 is 2.43 bits per heavy atom. The van der Waals surface area contributed by atoms with Crippen LogP contribution in [0.4, 0.5) is 0 Å². The van der Waals surface area contributed by atoms with E-state index in [1.165, 1.54) is 0 Å². The summed E-state index contributed by atoms with van der Waals surface area (Å²) in [6.07, 6.45) is 0. The topological polar surface area (TPSA) is 42.2 Å². The molecule has 0 atom stereocenters. The van der Waals surface area contributed by atoms with Crippen molar-refractivity contribution in [3.8, 4) is 11.8 Å². The lowest BCUT2D eigenvalue weighted by molar-refractivity contribution is 0.0957. The first kappa shape index (κ1) is 10.9. The van der Waals surface area contributed by atoms with Crippen molar-refractivity contribution in [3.63, 3.8) is 0 Å². The summed E-state index contributed by atoms with van der Waals surface area (Å²) in [7, 11) is 0. The number of nitrogens with one attached hydrogen (secondary N) is 1. The van der Waals surface area contributed by atoms with Gasteiger partial charge in [0.25, 0.3) is 5.91 Å². The van der Waals surface area contributed by atoms with Crippen LogP contribution in [0.2, 0.25) is 0 Å². The van der Waals surface area contributed by atoms with Gasteiger partial charge in [0.2, 0.25) is 0 Å². The molecule has 0 saturated carbocycles. The summed E-state index contributed by atoms with van der Waals surface area (Å²) in [6, 6.07) is 1.64. The number of carbonyl (C=O) groups excluding carboxylic acids is 1. The third kappa shape index (κ3) is 2.64. The number of carbonyl (C=O) groups is 1. The van der Waals surface area contributed by atoms with Crippen molar-refractivity contribution >= 4 is 21.8 Å². The van der Waals surface area contributed by atoms with E-state index in [0.29, 0.717) is 22.5 Å². The fourth-order valence-corrected chi connectivity index (χ4v) is 1.45. The monoisotopic (exact) mass is 255 g/mol. The zero-order valence-electron chi connectivity index (χ0n) is 7.98. The number of rotatable bonds is 2. The lowest BCUT2D eigenvalue weighted by Gasteiger charge is -1.97. The standard InChI is InChI=1S/C10H10BrNO2/c1-3-4-5-12-10(13)8-6-9(11)14-7(8)2/h6H,5H2,1-2H3,(H,12,13). The maximum atomic E-state index is 11.5. The van der Waals surface area contributed by atoms with Gasteiger partial charge in [-0.2, -0.15) is 0 Å². The highest BCUT2D eigenvalue weighted by atomic mass is 79.9. The van der Waals surface area contributed by atoms with Gasteiger partial charge in [0.15, 0.2) is 4.67 Å². The van der Waals surface area contributed by atoms with Gasteiger partial charge in [-0.25, -0.2) is 0 Å². The van der Waals surface area contributed by atoms with E-state index in [9.17, 15) is 4.79 Å². The first-order valence-electron chi connectivity index (χ1n) is 4.09. The lowest BCUT2D eigenvalue weighted by atomic mass is 10.2. The molecular formula is C10H10BrNO2. The van der Waals surface area contributed by atoms with Crippen LogP contribution in [0.3, 0.4) is 0 Å². The van der Waals surface area contributed by atoms with E-state index in [4.69, 9.17) is 4.42 Å². The molecule has 0 spiro atoms. The van der Waals surface area contributed by atoms with E-state index >= 15 is 0 Å². The average molecular weight is 256 g/mol. The van der Waals surface area contributed by atoms with Crippen LogP contribution in [0.5, 0.6) is 0 Å². The molecule has 4 heteroatoms. The van der Waals surface area contributed by atoms with E-state index in [0.717, 1.165) is 0 Å². The molecule has 0 fully saturated rings. The minimum absolute atomic E-state index is 0.167. The second kappa shape index (κ2) is 4.87. The van der Waals surface area contributed by atoms with Crippen molar-refractivity contribution in [3.05, 3.63) is 22.1 Å². The Labute approximate surface area is 91.0 Å². The Hall–Kier alpha value is -1.21. The molecule has 1 aromatic rings. The van der Waals surface area contributed by atoms with Gasteiger partial charge in [-0.05, 0) is 29.8 Å². The minimum Gasteiger partial charge on any atom is -0.454 e. The summed E-state index contributed by atoms with van der Waals surface area (Å²) in [5.41, 5.74) is 0.537. The molecule has 74 valence electrons. The van der Waals surface area contributed by atoms with Gasteiger partial charge in [-0.1, -0.05) is 5.92 Å². The van der Waals surface area contributed by atoms with E-state index in [1.807, 2.05) is 0 Å². The highest BCUT2D eigenvalue weighted by molar-refractivity contribution is 9.10. The molecule has 3 nitrogen and oxygen atoms in total. The van der Waals surface area contributed by atoms with Crippen LogP contribution in [0.1, 0.15) is 23.0 Å². The highest BCUT2D eigenvalue weighted by Crippen LogP contribution is 2.19. The third-order valence-corrected chi connectivity index (χ3v) is 2.04. The van der Waals surface area contributed by atoms with Crippen LogP contribution in [-0.4, -0.2) is 12.5 Å². The van der Waals surface area contributed by atoms with Gasteiger partial charge in [0.1, 0.15) is 5.76 Å². The second-order valence-electron chi connectivity index (χ2n) is 2.63. The van der Waals surface area contributed by atoms with E-state index in [2.05, 4.69) is 33.1 Å². The van der Waals surface area contributed by atoms with Crippen molar-refractivity contribution in [1.82, 2.24) is 5.32 Å². The Morgan fingerprint density at radius 3 is 2.93 bits per heavy atom. The number of halogens is 1. The van der Waals surface area contributed by atoms with Crippen LogP contribution in [0.25, 0.3) is 0 Å². The van der Waals surface area contributed by atoms with Gasteiger partial charge in [-0.15, -0.1) is 5.92 Å². The third-order valence-electron chi connectivity index (χ3n) is 1.65. The van der Waals surface area contributed by atoms with Crippen molar-refractivity contribution < 1.29 is 9.21 Å². The maximum absolute atomic E-state index is 11.5. The summed E-state index contributed by atoms with van der Waals surface area (Å²) in [6.45, 7) is 3.83. The fraction of sp³-hybridized carbons (Fsp3) is 0.300. The molecule has 1 rings (SSSR count). The van der Waals surface area contributed by atoms with E-state index in [-0.39, 0.29) is 5.91 Å². The minimum atomic E-state index is -0.167. The number of aryl methyl sites for hydroxylation is 1. The van der Waals surface area contributed by atoms with Crippen molar-refractivity contribution in [1.29, 1.82) is 0 Å². The Bertz CT molecular complexity index is 398. The largest absolute Gasteiger partial charge is 0.454 e.